The SMILES string of the molecule is COc1cc(C(C)NC(=O)NC(C)(C)Cc2ccccc2C)cc(OC)c1OC. The third-order valence-corrected chi connectivity index (χ3v) is 4.88. The number of urea groups is 1. The van der Waals surface area contributed by atoms with E-state index in [1.54, 1.807) is 21.3 Å². The Balaban J connectivity index is 2.09. The van der Waals surface area contributed by atoms with Crippen molar-refractivity contribution in [1.82, 2.24) is 10.6 Å². The summed E-state index contributed by atoms with van der Waals surface area (Å²) in [6.45, 7) is 8.03. The second kappa shape index (κ2) is 9.54. The van der Waals surface area contributed by atoms with E-state index >= 15 is 0 Å². The summed E-state index contributed by atoms with van der Waals surface area (Å²) < 4.78 is 16.2. The van der Waals surface area contributed by atoms with E-state index in [1.807, 2.05) is 45.0 Å². The van der Waals surface area contributed by atoms with Crippen LogP contribution in [-0.2, 0) is 6.42 Å². The van der Waals surface area contributed by atoms with Gasteiger partial charge in [0, 0.05) is 5.54 Å². The molecule has 0 bridgehead atoms. The Hall–Kier alpha value is -2.89. The molecule has 2 N–H and O–H groups in total. The molecule has 0 aliphatic rings. The van der Waals surface area contributed by atoms with Crippen LogP contribution in [0.4, 0.5) is 4.79 Å². The number of carbonyl (C=O) groups is 1. The summed E-state index contributed by atoms with van der Waals surface area (Å²) in [5.41, 5.74) is 2.89. The average Bonchev–Trinajstić information content (AvgIpc) is 2.67. The molecule has 0 fully saturated rings. The van der Waals surface area contributed by atoms with Gasteiger partial charge in [0.15, 0.2) is 11.5 Å². The maximum absolute atomic E-state index is 12.6. The molecule has 0 saturated carbocycles. The smallest absolute Gasteiger partial charge is 0.315 e. The van der Waals surface area contributed by atoms with Crippen molar-refractivity contribution in [3.8, 4) is 17.2 Å². The van der Waals surface area contributed by atoms with Gasteiger partial charge in [-0.2, -0.15) is 0 Å². The molecular formula is C23H32N2O4. The molecule has 0 radical (unpaired) electrons. The van der Waals surface area contributed by atoms with Crippen LogP contribution in [0.5, 0.6) is 17.2 Å². The first-order valence-corrected chi connectivity index (χ1v) is 9.64. The van der Waals surface area contributed by atoms with Crippen LogP contribution in [0.15, 0.2) is 36.4 Å². The van der Waals surface area contributed by atoms with E-state index < -0.39 is 5.54 Å². The third-order valence-electron chi connectivity index (χ3n) is 4.88. The minimum Gasteiger partial charge on any atom is -0.493 e. The first-order valence-electron chi connectivity index (χ1n) is 9.64. The summed E-state index contributed by atoms with van der Waals surface area (Å²) in [6.07, 6.45) is 0.742. The van der Waals surface area contributed by atoms with Gasteiger partial charge in [0.05, 0.1) is 27.4 Å². The van der Waals surface area contributed by atoms with E-state index in [4.69, 9.17) is 14.2 Å². The Morgan fingerprint density at radius 1 is 1.03 bits per heavy atom. The predicted molar refractivity (Wildman–Crippen MR) is 115 cm³/mol. The number of rotatable bonds is 8. The topological polar surface area (TPSA) is 68.8 Å². The van der Waals surface area contributed by atoms with Gasteiger partial charge in [-0.3, -0.25) is 0 Å². The first-order chi connectivity index (χ1) is 13.7. The highest BCUT2D eigenvalue weighted by Crippen LogP contribution is 2.39. The van der Waals surface area contributed by atoms with Crippen molar-refractivity contribution in [2.75, 3.05) is 21.3 Å². The summed E-state index contributed by atoms with van der Waals surface area (Å²) in [6, 6.07) is 11.4. The van der Waals surface area contributed by atoms with Gasteiger partial charge >= 0.3 is 6.03 Å². The number of carbonyl (C=O) groups excluding carboxylic acids is 1. The molecule has 2 amide bonds. The summed E-state index contributed by atoms with van der Waals surface area (Å²) in [7, 11) is 4.70. The molecule has 29 heavy (non-hydrogen) atoms. The molecule has 2 aromatic rings. The molecule has 0 aromatic heterocycles. The van der Waals surface area contributed by atoms with Crippen molar-refractivity contribution in [2.24, 2.45) is 0 Å². The lowest BCUT2D eigenvalue weighted by molar-refractivity contribution is 0.226. The van der Waals surface area contributed by atoms with Gasteiger partial charge in [-0.05, 0) is 62.9 Å². The van der Waals surface area contributed by atoms with Gasteiger partial charge < -0.3 is 24.8 Å². The quantitative estimate of drug-likeness (QED) is 0.689. The Bertz CT molecular complexity index is 824. The highest BCUT2D eigenvalue weighted by molar-refractivity contribution is 5.75. The molecule has 0 saturated heterocycles. The number of benzene rings is 2. The molecule has 0 aliphatic heterocycles. The number of amides is 2. The Kier molecular flexibility index (Phi) is 7.37. The molecule has 1 unspecified atom stereocenters. The standard InChI is InChI=1S/C23H32N2O4/c1-15-10-8-9-11-17(15)14-23(3,4)25-22(26)24-16(2)18-12-19(27-5)21(29-7)20(13-18)28-6/h8-13,16H,14H2,1-7H3,(H2,24,25,26). The van der Waals surface area contributed by atoms with E-state index in [9.17, 15) is 4.79 Å². The Morgan fingerprint density at radius 2 is 1.62 bits per heavy atom. The molecule has 6 heteroatoms. The van der Waals surface area contributed by atoms with Gasteiger partial charge in [-0.1, -0.05) is 24.3 Å². The molecule has 2 rings (SSSR count). The Morgan fingerprint density at radius 3 is 2.14 bits per heavy atom. The van der Waals surface area contributed by atoms with Gasteiger partial charge in [-0.15, -0.1) is 0 Å². The number of hydrogen-bond acceptors (Lipinski definition) is 4. The molecule has 2 aromatic carbocycles. The molecule has 0 heterocycles. The second-order valence-corrected chi connectivity index (χ2v) is 7.77. The zero-order valence-corrected chi connectivity index (χ0v) is 18.4. The minimum absolute atomic E-state index is 0.232. The van der Waals surface area contributed by atoms with E-state index in [0.29, 0.717) is 17.2 Å². The van der Waals surface area contributed by atoms with Crippen molar-refractivity contribution in [3.05, 3.63) is 53.1 Å². The van der Waals surface area contributed by atoms with Crippen LogP contribution in [-0.4, -0.2) is 32.9 Å². The van der Waals surface area contributed by atoms with Crippen LogP contribution in [0.2, 0.25) is 0 Å². The third kappa shape index (κ3) is 5.79. The maximum atomic E-state index is 12.6. The van der Waals surface area contributed by atoms with Crippen LogP contribution in [0.25, 0.3) is 0 Å². The lowest BCUT2D eigenvalue weighted by Gasteiger charge is -2.28. The zero-order valence-electron chi connectivity index (χ0n) is 18.4. The van der Waals surface area contributed by atoms with Gasteiger partial charge in [0.1, 0.15) is 0 Å². The van der Waals surface area contributed by atoms with E-state index in [2.05, 4.69) is 29.7 Å². The molecular weight excluding hydrogens is 368 g/mol. The van der Waals surface area contributed by atoms with Crippen LogP contribution >= 0.6 is 0 Å². The van der Waals surface area contributed by atoms with Crippen molar-refractivity contribution in [2.45, 2.75) is 45.7 Å². The van der Waals surface area contributed by atoms with Gasteiger partial charge in [0.2, 0.25) is 5.75 Å². The first kappa shape index (κ1) is 22.4. The summed E-state index contributed by atoms with van der Waals surface area (Å²) in [5.74, 6) is 1.63. The van der Waals surface area contributed by atoms with E-state index in [1.165, 1.54) is 11.1 Å². The predicted octanol–water partition coefficient (Wildman–Crippen LogP) is 4.40. The fourth-order valence-corrected chi connectivity index (χ4v) is 3.30. The van der Waals surface area contributed by atoms with Crippen molar-refractivity contribution in [1.29, 1.82) is 0 Å². The number of nitrogens with one attached hydrogen (secondary N) is 2. The second-order valence-electron chi connectivity index (χ2n) is 7.77. The van der Waals surface area contributed by atoms with E-state index in [-0.39, 0.29) is 12.1 Å². The zero-order chi connectivity index (χ0) is 21.6. The monoisotopic (exact) mass is 400 g/mol. The fourth-order valence-electron chi connectivity index (χ4n) is 3.30. The summed E-state index contributed by atoms with van der Waals surface area (Å²) >= 11 is 0. The van der Waals surface area contributed by atoms with Crippen LogP contribution in [0, 0.1) is 6.92 Å². The van der Waals surface area contributed by atoms with Crippen molar-refractivity contribution in [3.63, 3.8) is 0 Å². The van der Waals surface area contributed by atoms with Crippen molar-refractivity contribution >= 4 is 6.03 Å². The van der Waals surface area contributed by atoms with Crippen LogP contribution < -0.4 is 24.8 Å². The molecule has 1 atom stereocenters. The maximum Gasteiger partial charge on any atom is 0.315 e. The molecule has 158 valence electrons. The number of ether oxygens (including phenoxy) is 3. The average molecular weight is 401 g/mol. The Labute approximate surface area is 173 Å². The summed E-state index contributed by atoms with van der Waals surface area (Å²) in [4.78, 5) is 12.6. The van der Waals surface area contributed by atoms with E-state index in [0.717, 1.165) is 12.0 Å². The minimum atomic E-state index is -0.398. The van der Waals surface area contributed by atoms with Crippen LogP contribution in [0.3, 0.4) is 0 Å². The number of methoxy groups -OCH3 is 3. The largest absolute Gasteiger partial charge is 0.493 e. The molecule has 0 spiro atoms. The highest BCUT2D eigenvalue weighted by atomic mass is 16.5. The van der Waals surface area contributed by atoms with Gasteiger partial charge in [-0.25, -0.2) is 4.79 Å². The number of hydrogen-bond donors (Lipinski definition) is 2. The lowest BCUT2D eigenvalue weighted by atomic mass is 9.92. The lowest BCUT2D eigenvalue weighted by Crippen LogP contribution is -2.50. The normalized spacial score (nSPS) is 12.1. The highest BCUT2D eigenvalue weighted by Gasteiger charge is 2.23. The van der Waals surface area contributed by atoms with Crippen LogP contribution in [0.1, 0.15) is 43.5 Å². The summed E-state index contributed by atoms with van der Waals surface area (Å²) in [5, 5.41) is 6.07. The van der Waals surface area contributed by atoms with Gasteiger partial charge in [0.25, 0.3) is 0 Å². The molecule has 0 aliphatic carbocycles. The molecule has 6 nitrogen and oxygen atoms in total. The fraction of sp³-hybridized carbons (Fsp3) is 0.435. The number of aryl methyl sites for hydroxylation is 1. The van der Waals surface area contributed by atoms with Crippen molar-refractivity contribution < 1.29 is 19.0 Å².